The Bertz CT molecular complexity index is 865. The monoisotopic (exact) mass is 479 g/mol. The summed E-state index contributed by atoms with van der Waals surface area (Å²) in [6.07, 6.45) is 2.89. The van der Waals surface area contributed by atoms with Gasteiger partial charge in [0.2, 0.25) is 10.0 Å². The number of ether oxygens (including phenoxy) is 2. The van der Waals surface area contributed by atoms with Crippen molar-refractivity contribution in [1.29, 1.82) is 0 Å². The van der Waals surface area contributed by atoms with E-state index in [-0.39, 0.29) is 36.6 Å². The Morgan fingerprint density at radius 3 is 2.45 bits per heavy atom. The van der Waals surface area contributed by atoms with E-state index in [2.05, 4.69) is 22.9 Å². The standard InChI is InChI=1S/C22H31N3O5S.C2H6/c1-4-17-31(27,28)24-21(18(3)5-2)23-11-14-30-22(26)20(19-9-7-6-8-10-19)25-12-15-29-16-13-25;1-2/h4-10,18,20H,1-2,11-17H2,3H3,(H,23,24);1-2H3. The van der Waals surface area contributed by atoms with Gasteiger partial charge in [0.1, 0.15) is 18.5 Å². The summed E-state index contributed by atoms with van der Waals surface area (Å²) >= 11 is 0. The highest BCUT2D eigenvalue weighted by Crippen LogP contribution is 2.23. The molecule has 0 bridgehead atoms. The molecule has 9 heteroatoms. The van der Waals surface area contributed by atoms with Gasteiger partial charge in [0, 0.05) is 19.0 Å². The number of aliphatic imine (C=N–C) groups is 1. The molecule has 0 radical (unpaired) electrons. The summed E-state index contributed by atoms with van der Waals surface area (Å²) in [6, 6.07) is 8.95. The van der Waals surface area contributed by atoms with E-state index < -0.39 is 16.1 Å². The van der Waals surface area contributed by atoms with Crippen molar-refractivity contribution in [3.8, 4) is 0 Å². The number of carbonyl (C=O) groups excluding carboxylic acids is 1. The fourth-order valence-electron chi connectivity index (χ4n) is 3.10. The molecule has 1 aliphatic rings. The molecule has 1 fully saturated rings. The van der Waals surface area contributed by atoms with Gasteiger partial charge in [-0.3, -0.25) is 14.6 Å². The Morgan fingerprint density at radius 2 is 1.88 bits per heavy atom. The lowest BCUT2D eigenvalue weighted by Gasteiger charge is -2.33. The van der Waals surface area contributed by atoms with Crippen molar-refractivity contribution >= 4 is 21.8 Å². The first-order valence-electron chi connectivity index (χ1n) is 11.2. The van der Waals surface area contributed by atoms with Gasteiger partial charge in [0.15, 0.2) is 0 Å². The molecule has 184 valence electrons. The van der Waals surface area contributed by atoms with Crippen LogP contribution in [0.1, 0.15) is 32.4 Å². The van der Waals surface area contributed by atoms with Crippen molar-refractivity contribution in [1.82, 2.24) is 9.62 Å². The lowest BCUT2D eigenvalue weighted by Crippen LogP contribution is -2.42. The van der Waals surface area contributed by atoms with Gasteiger partial charge in [-0.05, 0) is 5.56 Å². The lowest BCUT2D eigenvalue weighted by molar-refractivity contribution is -0.151. The second kappa shape index (κ2) is 15.4. The zero-order valence-corrected chi connectivity index (χ0v) is 20.7. The molecule has 1 aromatic rings. The average molecular weight is 480 g/mol. The molecule has 2 rings (SSSR count). The number of hydrogen-bond acceptors (Lipinski definition) is 7. The highest BCUT2D eigenvalue weighted by Gasteiger charge is 2.30. The molecule has 2 atom stereocenters. The highest BCUT2D eigenvalue weighted by molar-refractivity contribution is 7.90. The minimum atomic E-state index is -3.58. The number of esters is 1. The number of nitrogens with zero attached hydrogens (tertiary/aromatic N) is 2. The zero-order valence-electron chi connectivity index (χ0n) is 19.9. The van der Waals surface area contributed by atoms with E-state index in [0.717, 1.165) is 5.56 Å². The Balaban J connectivity index is 0.00000265. The molecule has 0 saturated carbocycles. The third-order valence-corrected chi connectivity index (χ3v) is 5.94. The first kappa shape index (κ1) is 28.5. The van der Waals surface area contributed by atoms with Gasteiger partial charge in [0.05, 0.1) is 25.5 Å². The number of benzene rings is 1. The molecule has 33 heavy (non-hydrogen) atoms. The van der Waals surface area contributed by atoms with Crippen LogP contribution < -0.4 is 4.72 Å². The maximum Gasteiger partial charge on any atom is 0.328 e. The Labute approximate surface area is 198 Å². The molecule has 1 saturated heterocycles. The number of amidine groups is 1. The zero-order chi connectivity index (χ0) is 24.7. The molecule has 2 unspecified atom stereocenters. The number of hydrogen-bond donors (Lipinski definition) is 1. The molecular weight excluding hydrogens is 442 g/mol. The van der Waals surface area contributed by atoms with E-state index in [1.165, 1.54) is 6.08 Å². The molecule has 0 amide bonds. The number of carbonyl (C=O) groups is 1. The van der Waals surface area contributed by atoms with E-state index >= 15 is 0 Å². The first-order valence-corrected chi connectivity index (χ1v) is 12.8. The van der Waals surface area contributed by atoms with E-state index in [9.17, 15) is 13.2 Å². The summed E-state index contributed by atoms with van der Waals surface area (Å²) in [7, 11) is -3.58. The van der Waals surface area contributed by atoms with Crippen LogP contribution in [-0.2, 0) is 24.3 Å². The van der Waals surface area contributed by atoms with Crippen LogP contribution >= 0.6 is 0 Å². The van der Waals surface area contributed by atoms with Crippen molar-refractivity contribution in [3.05, 3.63) is 61.2 Å². The third kappa shape index (κ3) is 9.89. The van der Waals surface area contributed by atoms with Crippen molar-refractivity contribution in [2.75, 3.05) is 45.2 Å². The van der Waals surface area contributed by atoms with Gasteiger partial charge in [0.25, 0.3) is 0 Å². The maximum absolute atomic E-state index is 12.9. The number of morpholine rings is 1. The molecule has 0 aromatic heterocycles. The van der Waals surface area contributed by atoms with Crippen LogP contribution in [0.25, 0.3) is 0 Å². The van der Waals surface area contributed by atoms with Crippen LogP contribution in [0, 0.1) is 5.92 Å². The van der Waals surface area contributed by atoms with Gasteiger partial charge in [-0.2, -0.15) is 0 Å². The van der Waals surface area contributed by atoms with E-state index in [4.69, 9.17) is 9.47 Å². The molecular formula is C24H37N3O5S. The van der Waals surface area contributed by atoms with Gasteiger partial charge >= 0.3 is 5.97 Å². The van der Waals surface area contributed by atoms with Crippen LogP contribution in [0.5, 0.6) is 0 Å². The van der Waals surface area contributed by atoms with Crippen molar-refractivity contribution in [2.45, 2.75) is 26.8 Å². The molecule has 8 nitrogen and oxygen atoms in total. The summed E-state index contributed by atoms with van der Waals surface area (Å²) in [5, 5.41) is 0. The van der Waals surface area contributed by atoms with E-state index in [1.54, 1.807) is 13.0 Å². The summed E-state index contributed by atoms with van der Waals surface area (Å²) in [4.78, 5) is 19.2. The molecule has 0 aliphatic carbocycles. The Morgan fingerprint density at radius 1 is 1.24 bits per heavy atom. The molecule has 1 heterocycles. The summed E-state index contributed by atoms with van der Waals surface area (Å²) in [5.41, 5.74) is 0.857. The van der Waals surface area contributed by atoms with E-state index in [1.807, 2.05) is 49.1 Å². The molecule has 1 aromatic carbocycles. The normalized spacial score (nSPS) is 16.5. The predicted octanol–water partition coefficient (Wildman–Crippen LogP) is 2.96. The Kier molecular flexibility index (Phi) is 13.3. The van der Waals surface area contributed by atoms with Crippen molar-refractivity contribution < 1.29 is 22.7 Å². The average Bonchev–Trinajstić information content (AvgIpc) is 2.83. The topological polar surface area (TPSA) is 97.3 Å². The van der Waals surface area contributed by atoms with Gasteiger partial charge in [-0.1, -0.05) is 63.3 Å². The van der Waals surface area contributed by atoms with Crippen LogP contribution in [0.2, 0.25) is 0 Å². The van der Waals surface area contributed by atoms with Crippen molar-refractivity contribution in [2.24, 2.45) is 10.9 Å². The SMILES string of the molecule is C=CCS(=O)(=O)NC(=NCCOC(=O)C(c1ccccc1)N1CCOCC1)C(C)C=C.CC. The van der Waals surface area contributed by atoms with Gasteiger partial charge < -0.3 is 9.47 Å². The number of nitrogens with one attached hydrogen (secondary N) is 1. The smallest absolute Gasteiger partial charge is 0.328 e. The minimum absolute atomic E-state index is 0.0308. The second-order valence-electron chi connectivity index (χ2n) is 7.09. The molecule has 1 aliphatic heterocycles. The Hall–Kier alpha value is -2.49. The molecule has 0 spiro atoms. The van der Waals surface area contributed by atoms with Crippen LogP contribution in [-0.4, -0.2) is 70.3 Å². The first-order chi connectivity index (χ1) is 15.9. The second-order valence-corrected chi connectivity index (χ2v) is 8.86. The fourth-order valence-corrected chi connectivity index (χ4v) is 4.06. The van der Waals surface area contributed by atoms with Crippen LogP contribution in [0.4, 0.5) is 0 Å². The number of rotatable bonds is 11. The summed E-state index contributed by atoms with van der Waals surface area (Å²) in [5.74, 6) is -0.640. The molecule has 1 N–H and O–H groups in total. The maximum atomic E-state index is 12.9. The van der Waals surface area contributed by atoms with Gasteiger partial charge in [-0.15, -0.1) is 13.2 Å². The summed E-state index contributed by atoms with van der Waals surface area (Å²) < 4.78 is 37.4. The fraction of sp³-hybridized carbons (Fsp3) is 0.500. The van der Waals surface area contributed by atoms with Crippen LogP contribution in [0.3, 0.4) is 0 Å². The van der Waals surface area contributed by atoms with E-state index in [0.29, 0.717) is 26.3 Å². The highest BCUT2D eigenvalue weighted by atomic mass is 32.2. The quantitative estimate of drug-likeness (QED) is 0.172. The largest absolute Gasteiger partial charge is 0.462 e. The van der Waals surface area contributed by atoms with Gasteiger partial charge in [-0.25, -0.2) is 13.2 Å². The number of sulfonamides is 1. The lowest BCUT2D eigenvalue weighted by atomic mass is 10.1. The minimum Gasteiger partial charge on any atom is -0.462 e. The van der Waals surface area contributed by atoms with Crippen LogP contribution in [0.15, 0.2) is 60.6 Å². The van der Waals surface area contributed by atoms with Crippen molar-refractivity contribution in [3.63, 3.8) is 0 Å². The predicted molar refractivity (Wildman–Crippen MR) is 133 cm³/mol. The summed E-state index contributed by atoms with van der Waals surface area (Å²) in [6.45, 7) is 15.5. The third-order valence-electron chi connectivity index (χ3n) is 4.75.